The number of aryl methyl sites for hydroxylation is 1. The minimum absolute atomic E-state index is 0.484. The molecule has 3 aromatic rings. The van der Waals surface area contributed by atoms with Crippen LogP contribution in [0.4, 0.5) is 0 Å². The highest BCUT2D eigenvalue weighted by Crippen LogP contribution is 2.22. The van der Waals surface area contributed by atoms with E-state index in [0.29, 0.717) is 23.7 Å². The average molecular weight is 291 g/mol. The Morgan fingerprint density at radius 2 is 1.55 bits per heavy atom. The fourth-order valence-corrected chi connectivity index (χ4v) is 2.32. The van der Waals surface area contributed by atoms with Gasteiger partial charge in [-0.05, 0) is 17.7 Å². The molecular weight excluding hydrogens is 274 g/mol. The number of benzene rings is 2. The fourth-order valence-electron chi connectivity index (χ4n) is 2.32. The van der Waals surface area contributed by atoms with E-state index in [1.807, 2.05) is 60.7 Å². The third-order valence-electron chi connectivity index (χ3n) is 3.49. The topological polar surface area (TPSA) is 36.2 Å². The number of ether oxygens (including phenoxy) is 1. The number of nitrogens with zero attached hydrogens (tertiary/aromatic N) is 1. The number of hydrogen-bond donors (Lipinski definition) is 0. The van der Waals surface area contributed by atoms with Crippen LogP contribution in [-0.2, 0) is 6.61 Å². The Balaban J connectivity index is 1.88. The maximum atomic E-state index is 12.3. The molecule has 0 spiro atoms. The van der Waals surface area contributed by atoms with Gasteiger partial charge in [-0.25, -0.2) is 0 Å². The molecule has 0 bridgehead atoms. The number of hydrogen-bond acceptors (Lipinski definition) is 2. The van der Waals surface area contributed by atoms with Gasteiger partial charge in [0, 0.05) is 18.6 Å². The van der Waals surface area contributed by atoms with E-state index in [2.05, 4.69) is 0 Å². The van der Waals surface area contributed by atoms with Gasteiger partial charge in [0.2, 0.25) is 5.69 Å². The molecule has 2 aromatic carbocycles. The molecule has 0 unspecified atom stereocenters. The van der Waals surface area contributed by atoms with Crippen molar-refractivity contribution in [2.45, 2.75) is 13.5 Å². The standard InChI is InChI=1S/C19H17NO2/c1-15-12-18(22-14-16-8-4-2-5-9-16)13-19(20(15)21)17-10-6-3-7-11-17/h2-13H,14H2,1H3. The lowest BCUT2D eigenvalue weighted by Crippen LogP contribution is -2.32. The molecule has 0 saturated heterocycles. The quantitative estimate of drug-likeness (QED) is 0.540. The van der Waals surface area contributed by atoms with Gasteiger partial charge < -0.3 is 9.94 Å². The van der Waals surface area contributed by atoms with Gasteiger partial charge in [-0.15, -0.1) is 0 Å². The van der Waals surface area contributed by atoms with Crippen LogP contribution in [0, 0.1) is 12.1 Å². The van der Waals surface area contributed by atoms with Crippen molar-refractivity contribution in [1.82, 2.24) is 0 Å². The van der Waals surface area contributed by atoms with Crippen LogP contribution in [0.25, 0.3) is 11.3 Å². The van der Waals surface area contributed by atoms with E-state index in [1.165, 1.54) is 0 Å². The van der Waals surface area contributed by atoms with Crippen molar-refractivity contribution < 1.29 is 9.47 Å². The molecule has 3 heteroatoms. The van der Waals surface area contributed by atoms with Gasteiger partial charge in [0.15, 0.2) is 5.69 Å². The molecule has 0 saturated carbocycles. The molecule has 0 amide bonds. The van der Waals surface area contributed by atoms with Crippen LogP contribution >= 0.6 is 0 Å². The zero-order valence-electron chi connectivity index (χ0n) is 12.4. The first-order valence-corrected chi connectivity index (χ1v) is 7.20. The molecular formula is C19H17NO2. The van der Waals surface area contributed by atoms with E-state index >= 15 is 0 Å². The second-order valence-electron chi connectivity index (χ2n) is 5.15. The predicted molar refractivity (Wildman–Crippen MR) is 86.3 cm³/mol. The third-order valence-corrected chi connectivity index (χ3v) is 3.49. The van der Waals surface area contributed by atoms with Gasteiger partial charge in [-0.1, -0.05) is 48.5 Å². The summed E-state index contributed by atoms with van der Waals surface area (Å²) >= 11 is 0. The lowest BCUT2D eigenvalue weighted by atomic mass is 10.1. The summed E-state index contributed by atoms with van der Waals surface area (Å²) in [5.41, 5.74) is 3.19. The van der Waals surface area contributed by atoms with E-state index in [9.17, 15) is 5.21 Å². The Hall–Kier alpha value is -2.81. The summed E-state index contributed by atoms with van der Waals surface area (Å²) in [5, 5.41) is 12.3. The molecule has 3 nitrogen and oxygen atoms in total. The lowest BCUT2D eigenvalue weighted by molar-refractivity contribution is -0.600. The first-order valence-electron chi connectivity index (χ1n) is 7.20. The summed E-state index contributed by atoms with van der Waals surface area (Å²) in [4.78, 5) is 0. The third kappa shape index (κ3) is 3.09. The summed E-state index contributed by atoms with van der Waals surface area (Å²) in [7, 11) is 0. The highest BCUT2D eigenvalue weighted by atomic mass is 16.5. The molecule has 0 radical (unpaired) electrons. The van der Waals surface area contributed by atoms with E-state index < -0.39 is 0 Å². The van der Waals surface area contributed by atoms with Gasteiger partial charge in [-0.3, -0.25) is 0 Å². The minimum Gasteiger partial charge on any atom is -0.618 e. The van der Waals surface area contributed by atoms with Gasteiger partial charge in [0.1, 0.15) is 12.4 Å². The fraction of sp³-hybridized carbons (Fsp3) is 0.105. The monoisotopic (exact) mass is 291 g/mol. The second-order valence-corrected chi connectivity index (χ2v) is 5.15. The molecule has 0 N–H and O–H groups in total. The van der Waals surface area contributed by atoms with Gasteiger partial charge in [0.05, 0.1) is 6.07 Å². The molecule has 1 aromatic heterocycles. The molecule has 1 heterocycles. The molecule has 0 fully saturated rings. The summed E-state index contributed by atoms with van der Waals surface area (Å²) in [5.74, 6) is 0.701. The molecule has 0 aliphatic heterocycles. The summed E-state index contributed by atoms with van der Waals surface area (Å²) in [6.07, 6.45) is 0. The van der Waals surface area contributed by atoms with Crippen molar-refractivity contribution in [2.75, 3.05) is 0 Å². The van der Waals surface area contributed by atoms with E-state index in [0.717, 1.165) is 15.9 Å². The SMILES string of the molecule is Cc1cc(OCc2ccccc2)cc(-c2ccccc2)[n+]1[O-]. The molecule has 0 aliphatic carbocycles. The summed E-state index contributed by atoms with van der Waals surface area (Å²) in [6.45, 7) is 2.27. The maximum absolute atomic E-state index is 12.3. The smallest absolute Gasteiger partial charge is 0.227 e. The molecule has 110 valence electrons. The van der Waals surface area contributed by atoms with Crippen LogP contribution in [0.3, 0.4) is 0 Å². The van der Waals surface area contributed by atoms with Gasteiger partial charge in [0.25, 0.3) is 0 Å². The van der Waals surface area contributed by atoms with Crippen molar-refractivity contribution in [1.29, 1.82) is 0 Å². The molecule has 22 heavy (non-hydrogen) atoms. The molecule has 0 aliphatic rings. The van der Waals surface area contributed by atoms with Crippen molar-refractivity contribution in [3.8, 4) is 17.0 Å². The zero-order chi connectivity index (χ0) is 15.4. The summed E-state index contributed by atoms with van der Waals surface area (Å²) in [6, 6.07) is 23.1. The highest BCUT2D eigenvalue weighted by molar-refractivity contribution is 5.57. The number of pyridine rings is 1. The van der Waals surface area contributed by atoms with Crippen LogP contribution in [0.1, 0.15) is 11.3 Å². The first-order chi connectivity index (χ1) is 10.7. The van der Waals surface area contributed by atoms with Crippen molar-refractivity contribution in [3.63, 3.8) is 0 Å². The van der Waals surface area contributed by atoms with Crippen molar-refractivity contribution in [2.24, 2.45) is 0 Å². The van der Waals surface area contributed by atoms with Crippen LogP contribution in [-0.4, -0.2) is 0 Å². The Kier molecular flexibility index (Phi) is 4.05. The molecule has 3 rings (SSSR count). The Bertz CT molecular complexity index is 755. The second kappa shape index (κ2) is 6.31. The Morgan fingerprint density at radius 1 is 0.909 bits per heavy atom. The average Bonchev–Trinajstić information content (AvgIpc) is 2.57. The number of aromatic nitrogens is 1. The van der Waals surface area contributed by atoms with E-state index in [-0.39, 0.29) is 0 Å². The predicted octanol–water partition coefficient (Wildman–Crippen LogP) is 3.87. The van der Waals surface area contributed by atoms with Crippen LogP contribution in [0.2, 0.25) is 0 Å². The Labute approximate surface area is 130 Å². The van der Waals surface area contributed by atoms with Crippen LogP contribution in [0.5, 0.6) is 5.75 Å². The zero-order valence-corrected chi connectivity index (χ0v) is 12.4. The largest absolute Gasteiger partial charge is 0.618 e. The summed E-state index contributed by atoms with van der Waals surface area (Å²) < 4.78 is 6.77. The lowest BCUT2D eigenvalue weighted by Gasteiger charge is -2.11. The van der Waals surface area contributed by atoms with E-state index in [1.54, 1.807) is 19.1 Å². The first kappa shape index (κ1) is 14.1. The molecule has 0 atom stereocenters. The maximum Gasteiger partial charge on any atom is 0.227 e. The van der Waals surface area contributed by atoms with Crippen LogP contribution in [0.15, 0.2) is 72.8 Å². The Morgan fingerprint density at radius 3 is 2.23 bits per heavy atom. The van der Waals surface area contributed by atoms with Gasteiger partial charge in [-0.2, -0.15) is 4.73 Å². The number of rotatable bonds is 4. The minimum atomic E-state index is 0.484. The van der Waals surface area contributed by atoms with Gasteiger partial charge >= 0.3 is 0 Å². The van der Waals surface area contributed by atoms with Crippen molar-refractivity contribution >= 4 is 0 Å². The van der Waals surface area contributed by atoms with Crippen molar-refractivity contribution in [3.05, 3.63) is 89.3 Å². The highest BCUT2D eigenvalue weighted by Gasteiger charge is 2.14. The van der Waals surface area contributed by atoms with Crippen LogP contribution < -0.4 is 9.47 Å². The normalized spacial score (nSPS) is 10.4. The van der Waals surface area contributed by atoms with E-state index in [4.69, 9.17) is 4.74 Å².